The van der Waals surface area contributed by atoms with Crippen molar-refractivity contribution in [2.24, 2.45) is 0 Å². The number of hydrogen-bond acceptors (Lipinski definition) is 3. The number of hydrogen-bond donors (Lipinski definition) is 0. The van der Waals surface area contributed by atoms with E-state index in [0.29, 0.717) is 6.54 Å². The number of non-ortho nitro benzene ring substituents is 1. The van der Waals surface area contributed by atoms with Crippen LogP contribution in [0.1, 0.15) is 5.56 Å². The van der Waals surface area contributed by atoms with Crippen molar-refractivity contribution in [1.29, 1.82) is 0 Å². The van der Waals surface area contributed by atoms with Crippen LogP contribution in [0.4, 0.5) is 5.69 Å². The van der Waals surface area contributed by atoms with Gasteiger partial charge in [0.15, 0.2) is 4.77 Å². The second-order valence-electron chi connectivity index (χ2n) is 3.72. The first-order chi connectivity index (χ1) is 8.61. The summed E-state index contributed by atoms with van der Waals surface area (Å²) in [6.07, 6.45) is 3.85. The van der Waals surface area contributed by atoms with E-state index in [9.17, 15) is 10.1 Å². The second kappa shape index (κ2) is 5.61. The number of rotatable bonds is 4. The van der Waals surface area contributed by atoms with E-state index in [1.165, 1.54) is 12.1 Å². The van der Waals surface area contributed by atoms with Gasteiger partial charge in [0.25, 0.3) is 5.69 Å². The molecule has 0 fully saturated rings. The summed E-state index contributed by atoms with van der Waals surface area (Å²) in [5.74, 6) is 0. The largest absolute Gasteiger partial charge is 0.319 e. The van der Waals surface area contributed by atoms with Crippen LogP contribution in [-0.2, 0) is 11.1 Å². The molecule has 0 aliphatic carbocycles. The smallest absolute Gasteiger partial charge is 0.269 e. The van der Waals surface area contributed by atoms with Gasteiger partial charge in [-0.3, -0.25) is 10.1 Å². The minimum Gasteiger partial charge on any atom is -0.319 e. The number of aromatic nitrogens is 2. The van der Waals surface area contributed by atoms with Gasteiger partial charge in [0.1, 0.15) is 0 Å². The first-order valence-corrected chi connectivity index (χ1v) is 7.10. The lowest BCUT2D eigenvalue weighted by Crippen LogP contribution is -2.00. The van der Waals surface area contributed by atoms with E-state index in [1.807, 2.05) is 21.5 Å². The highest BCUT2D eigenvalue weighted by Crippen LogP contribution is 2.13. The topological polar surface area (TPSA) is 53.0 Å². The normalized spacial score (nSPS) is 10.5. The van der Waals surface area contributed by atoms with E-state index in [1.54, 1.807) is 12.1 Å². The standard InChI is InChI=1S/C11H10IN3O2S/c12-8-14-6-5-13(11(14)18)7-9-1-3-10(4-2-9)15(16)17/h1-6H,7-8H2. The minimum absolute atomic E-state index is 0.104. The molecule has 94 valence electrons. The van der Waals surface area contributed by atoms with Gasteiger partial charge >= 0.3 is 0 Å². The Bertz CT molecular complexity index is 618. The Labute approximate surface area is 122 Å². The molecule has 1 aromatic carbocycles. The predicted octanol–water partition coefficient (Wildman–Crippen LogP) is 3.37. The molecule has 1 heterocycles. The lowest BCUT2D eigenvalue weighted by molar-refractivity contribution is -0.384. The van der Waals surface area contributed by atoms with Crippen molar-refractivity contribution in [2.45, 2.75) is 11.1 Å². The second-order valence-corrected chi connectivity index (χ2v) is 4.77. The summed E-state index contributed by atoms with van der Waals surface area (Å²) in [5.41, 5.74) is 1.09. The maximum absolute atomic E-state index is 10.5. The monoisotopic (exact) mass is 375 g/mol. The number of benzene rings is 1. The lowest BCUT2D eigenvalue weighted by atomic mass is 10.2. The third kappa shape index (κ3) is 2.78. The Morgan fingerprint density at radius 1 is 1.22 bits per heavy atom. The van der Waals surface area contributed by atoms with Crippen molar-refractivity contribution in [3.05, 3.63) is 57.1 Å². The molecule has 0 unspecified atom stereocenters. The van der Waals surface area contributed by atoms with E-state index >= 15 is 0 Å². The summed E-state index contributed by atoms with van der Waals surface area (Å²) in [4.78, 5) is 10.1. The third-order valence-electron chi connectivity index (χ3n) is 2.55. The highest BCUT2D eigenvalue weighted by atomic mass is 127. The van der Waals surface area contributed by atoms with Gasteiger partial charge in [-0.1, -0.05) is 34.7 Å². The number of halogens is 1. The van der Waals surface area contributed by atoms with Crippen LogP contribution in [0.3, 0.4) is 0 Å². The molecule has 2 rings (SSSR count). The number of alkyl halides is 1. The van der Waals surface area contributed by atoms with Gasteiger partial charge in [-0.15, -0.1) is 0 Å². The molecule has 18 heavy (non-hydrogen) atoms. The van der Waals surface area contributed by atoms with E-state index < -0.39 is 4.92 Å². The molecule has 0 atom stereocenters. The van der Waals surface area contributed by atoms with Gasteiger partial charge in [0.05, 0.1) is 9.47 Å². The highest BCUT2D eigenvalue weighted by molar-refractivity contribution is 14.1. The van der Waals surface area contributed by atoms with Crippen LogP contribution in [0, 0.1) is 14.9 Å². The summed E-state index contributed by atoms with van der Waals surface area (Å²) in [6.45, 7) is 0.625. The van der Waals surface area contributed by atoms with Gasteiger partial charge in [-0.05, 0) is 17.8 Å². The van der Waals surface area contributed by atoms with Crippen molar-refractivity contribution < 1.29 is 4.92 Å². The van der Waals surface area contributed by atoms with Gasteiger partial charge < -0.3 is 9.13 Å². The molecule has 0 radical (unpaired) electrons. The van der Waals surface area contributed by atoms with Crippen LogP contribution < -0.4 is 0 Å². The molecule has 0 bridgehead atoms. The van der Waals surface area contributed by atoms with Crippen molar-refractivity contribution in [3.8, 4) is 0 Å². The summed E-state index contributed by atoms with van der Waals surface area (Å²) in [5, 5.41) is 10.5. The van der Waals surface area contributed by atoms with Crippen LogP contribution in [0.15, 0.2) is 36.7 Å². The van der Waals surface area contributed by atoms with Gasteiger partial charge in [0.2, 0.25) is 0 Å². The van der Waals surface area contributed by atoms with E-state index in [0.717, 1.165) is 14.9 Å². The zero-order valence-electron chi connectivity index (χ0n) is 9.32. The highest BCUT2D eigenvalue weighted by Gasteiger charge is 2.05. The average Bonchev–Trinajstić information content (AvgIpc) is 2.71. The molecule has 5 nitrogen and oxygen atoms in total. The summed E-state index contributed by atoms with van der Waals surface area (Å²) in [6, 6.07) is 6.52. The first-order valence-electron chi connectivity index (χ1n) is 5.16. The van der Waals surface area contributed by atoms with Crippen LogP contribution in [-0.4, -0.2) is 14.1 Å². The molecule has 2 aromatic rings. The first kappa shape index (κ1) is 13.2. The number of nitro benzene ring substituents is 1. The van der Waals surface area contributed by atoms with Crippen LogP contribution in [0.2, 0.25) is 0 Å². The maximum Gasteiger partial charge on any atom is 0.269 e. The van der Waals surface area contributed by atoms with E-state index in [2.05, 4.69) is 22.6 Å². The third-order valence-corrected chi connectivity index (χ3v) is 3.75. The zero-order chi connectivity index (χ0) is 13.1. The van der Waals surface area contributed by atoms with Gasteiger partial charge in [-0.2, -0.15) is 0 Å². The molecule has 0 saturated carbocycles. The minimum atomic E-state index is -0.401. The van der Waals surface area contributed by atoms with Crippen LogP contribution in [0.25, 0.3) is 0 Å². The molecule has 0 spiro atoms. The number of imidazole rings is 1. The van der Waals surface area contributed by atoms with Gasteiger partial charge in [-0.25, -0.2) is 0 Å². The molecule has 1 aromatic heterocycles. The van der Waals surface area contributed by atoms with Gasteiger partial charge in [0, 0.05) is 31.1 Å². The summed E-state index contributed by atoms with van der Waals surface area (Å²) >= 11 is 7.55. The van der Waals surface area contributed by atoms with Crippen molar-refractivity contribution in [3.63, 3.8) is 0 Å². The van der Waals surface area contributed by atoms with Crippen molar-refractivity contribution in [1.82, 2.24) is 9.13 Å². The molecule has 0 aliphatic rings. The Kier molecular flexibility index (Phi) is 4.12. The Hall–Kier alpha value is -1.22. The van der Waals surface area contributed by atoms with Crippen LogP contribution >= 0.6 is 34.8 Å². The number of nitro groups is 1. The van der Waals surface area contributed by atoms with Crippen LogP contribution in [0.5, 0.6) is 0 Å². The Morgan fingerprint density at radius 3 is 2.33 bits per heavy atom. The molecule has 0 amide bonds. The molecular formula is C11H10IN3O2S. The van der Waals surface area contributed by atoms with Crippen molar-refractivity contribution in [2.75, 3.05) is 0 Å². The fraction of sp³-hybridized carbons (Fsp3) is 0.182. The SMILES string of the molecule is O=[N+]([O-])c1ccc(Cn2ccn(CI)c2=S)cc1. The molecule has 0 aliphatic heterocycles. The molecule has 0 saturated heterocycles. The average molecular weight is 375 g/mol. The summed E-state index contributed by atoms with van der Waals surface area (Å²) in [7, 11) is 0. The lowest BCUT2D eigenvalue weighted by Gasteiger charge is -2.03. The quantitative estimate of drug-likeness (QED) is 0.271. The zero-order valence-corrected chi connectivity index (χ0v) is 12.3. The Morgan fingerprint density at radius 2 is 1.83 bits per heavy atom. The molecular weight excluding hydrogens is 365 g/mol. The molecule has 7 heteroatoms. The van der Waals surface area contributed by atoms with E-state index in [4.69, 9.17) is 12.2 Å². The summed E-state index contributed by atoms with van der Waals surface area (Å²) < 4.78 is 5.46. The predicted molar refractivity (Wildman–Crippen MR) is 79.5 cm³/mol. The maximum atomic E-state index is 10.5. The molecule has 0 N–H and O–H groups in total. The fourth-order valence-corrected chi connectivity index (χ4v) is 2.62. The van der Waals surface area contributed by atoms with Crippen molar-refractivity contribution >= 4 is 40.5 Å². The number of nitrogens with zero attached hydrogens (tertiary/aromatic N) is 3. The van der Waals surface area contributed by atoms with E-state index in [-0.39, 0.29) is 5.69 Å². The Balaban J connectivity index is 2.21. The fourth-order valence-electron chi connectivity index (χ4n) is 1.58.